The number of nitrogens with two attached hydrogens (primary N) is 1. The van der Waals surface area contributed by atoms with Crippen LogP contribution in [0.2, 0.25) is 0 Å². The number of ether oxygens (including phenoxy) is 1. The first-order valence-corrected chi connectivity index (χ1v) is 6.56. The number of hydrogen-bond donors (Lipinski definition) is 1. The maximum absolute atomic E-state index is 6.19. The van der Waals surface area contributed by atoms with Gasteiger partial charge < -0.3 is 10.5 Å². The zero-order valence-electron chi connectivity index (χ0n) is 10.5. The van der Waals surface area contributed by atoms with Gasteiger partial charge in [0.15, 0.2) is 0 Å². The van der Waals surface area contributed by atoms with E-state index in [1.807, 2.05) is 12.1 Å². The fraction of sp³-hybridized carbons (Fsp3) is 0.643. The third kappa shape index (κ3) is 3.27. The third-order valence-corrected chi connectivity index (χ3v) is 3.66. The molecule has 0 spiro atoms. The molecule has 0 radical (unpaired) electrons. The maximum Gasteiger partial charge on any atom is 0.0952 e. The first-order valence-electron chi connectivity index (χ1n) is 6.56. The average Bonchev–Trinajstić information content (AvgIpc) is 2.39. The summed E-state index contributed by atoms with van der Waals surface area (Å²) in [5.41, 5.74) is 6.96. The van der Waals surface area contributed by atoms with Crippen LogP contribution in [0.3, 0.4) is 0 Å². The highest BCUT2D eigenvalue weighted by atomic mass is 16.5. The van der Waals surface area contributed by atoms with Crippen LogP contribution in [-0.4, -0.2) is 17.6 Å². The number of nitrogens with zero attached hydrogens (tertiary/aromatic N) is 1. The predicted octanol–water partition coefficient (Wildman–Crippen LogP) is 2.68. The lowest BCUT2D eigenvalue weighted by molar-refractivity contribution is -0.0533. The molecule has 94 valence electrons. The lowest BCUT2D eigenvalue weighted by Gasteiger charge is -2.32. The summed E-state index contributed by atoms with van der Waals surface area (Å²) in [4.78, 5) is 4.03. The van der Waals surface area contributed by atoms with Gasteiger partial charge in [0.1, 0.15) is 0 Å². The molecule has 1 aromatic heterocycles. The molecule has 0 aromatic carbocycles. The van der Waals surface area contributed by atoms with Crippen LogP contribution in [0, 0.1) is 5.92 Å². The molecule has 3 unspecified atom stereocenters. The van der Waals surface area contributed by atoms with Gasteiger partial charge in [0.05, 0.1) is 12.2 Å². The summed E-state index contributed by atoms with van der Waals surface area (Å²) in [6.07, 6.45) is 9.04. The van der Waals surface area contributed by atoms with E-state index in [9.17, 15) is 0 Å². The van der Waals surface area contributed by atoms with Crippen molar-refractivity contribution in [3.05, 3.63) is 30.1 Å². The molecular formula is C14H22N2O. The van der Waals surface area contributed by atoms with Gasteiger partial charge in [-0.25, -0.2) is 0 Å². The van der Waals surface area contributed by atoms with E-state index in [1.54, 1.807) is 12.4 Å². The molecule has 0 amide bonds. The molecule has 3 heteroatoms. The Bertz CT molecular complexity index is 328. The second-order valence-electron chi connectivity index (χ2n) is 4.94. The minimum atomic E-state index is 0.0172. The Morgan fingerprint density at radius 3 is 2.71 bits per heavy atom. The Kier molecular flexibility index (Phi) is 4.51. The van der Waals surface area contributed by atoms with Crippen LogP contribution in [0.5, 0.6) is 0 Å². The molecule has 1 aromatic rings. The Morgan fingerprint density at radius 2 is 2.06 bits per heavy atom. The fourth-order valence-electron chi connectivity index (χ4n) is 2.54. The van der Waals surface area contributed by atoms with E-state index in [4.69, 9.17) is 10.5 Å². The van der Waals surface area contributed by atoms with Gasteiger partial charge >= 0.3 is 0 Å². The Labute approximate surface area is 103 Å². The summed E-state index contributed by atoms with van der Waals surface area (Å²) >= 11 is 0. The van der Waals surface area contributed by atoms with Gasteiger partial charge in [-0.05, 0) is 36.5 Å². The van der Waals surface area contributed by atoms with Gasteiger partial charge in [0, 0.05) is 18.9 Å². The Balaban J connectivity index is 1.99. The van der Waals surface area contributed by atoms with Crippen LogP contribution < -0.4 is 5.73 Å². The van der Waals surface area contributed by atoms with Crippen LogP contribution in [0.1, 0.15) is 44.3 Å². The quantitative estimate of drug-likeness (QED) is 0.871. The second kappa shape index (κ2) is 6.12. The third-order valence-electron chi connectivity index (χ3n) is 3.66. The van der Waals surface area contributed by atoms with Crippen molar-refractivity contribution >= 4 is 0 Å². The maximum atomic E-state index is 6.19. The van der Waals surface area contributed by atoms with Crippen molar-refractivity contribution in [2.75, 3.05) is 6.54 Å². The van der Waals surface area contributed by atoms with Crippen LogP contribution >= 0.6 is 0 Å². The molecule has 1 heterocycles. The Hall–Kier alpha value is -0.930. The van der Waals surface area contributed by atoms with Crippen LogP contribution in [0.25, 0.3) is 0 Å². The molecule has 0 saturated heterocycles. The van der Waals surface area contributed by atoms with E-state index in [0.717, 1.165) is 5.56 Å². The van der Waals surface area contributed by atoms with Gasteiger partial charge in [-0.3, -0.25) is 4.98 Å². The summed E-state index contributed by atoms with van der Waals surface area (Å²) in [5.74, 6) is 0.652. The van der Waals surface area contributed by atoms with Crippen molar-refractivity contribution in [3.8, 4) is 0 Å². The first-order chi connectivity index (χ1) is 8.31. The van der Waals surface area contributed by atoms with Gasteiger partial charge in [-0.1, -0.05) is 19.8 Å². The molecule has 1 aliphatic rings. The minimum Gasteiger partial charge on any atom is -0.369 e. The summed E-state index contributed by atoms with van der Waals surface area (Å²) in [6.45, 7) is 2.82. The lowest BCUT2D eigenvalue weighted by atomic mass is 9.88. The topological polar surface area (TPSA) is 48.1 Å². The van der Waals surface area contributed by atoms with Crippen LogP contribution in [0.4, 0.5) is 0 Å². The highest BCUT2D eigenvalue weighted by Crippen LogP contribution is 2.30. The normalized spacial score (nSPS) is 26.7. The summed E-state index contributed by atoms with van der Waals surface area (Å²) in [6, 6.07) is 3.98. The van der Waals surface area contributed by atoms with Crippen LogP contribution in [-0.2, 0) is 4.74 Å². The van der Waals surface area contributed by atoms with E-state index < -0.39 is 0 Å². The molecule has 1 fully saturated rings. The van der Waals surface area contributed by atoms with Crippen molar-refractivity contribution in [1.29, 1.82) is 0 Å². The SMILES string of the molecule is CC1CCCCC1OC(CN)c1ccncc1. The average molecular weight is 234 g/mol. The van der Waals surface area contributed by atoms with E-state index in [0.29, 0.717) is 18.6 Å². The van der Waals surface area contributed by atoms with Crippen LogP contribution in [0.15, 0.2) is 24.5 Å². The molecule has 3 nitrogen and oxygen atoms in total. The van der Waals surface area contributed by atoms with Gasteiger partial charge in [0.25, 0.3) is 0 Å². The monoisotopic (exact) mass is 234 g/mol. The minimum absolute atomic E-state index is 0.0172. The zero-order chi connectivity index (χ0) is 12.1. The number of aromatic nitrogens is 1. The summed E-state index contributed by atoms with van der Waals surface area (Å²) in [7, 11) is 0. The Morgan fingerprint density at radius 1 is 1.35 bits per heavy atom. The second-order valence-corrected chi connectivity index (χ2v) is 4.94. The van der Waals surface area contributed by atoms with Gasteiger partial charge in [-0.15, -0.1) is 0 Å². The number of pyridine rings is 1. The highest BCUT2D eigenvalue weighted by Gasteiger charge is 2.25. The highest BCUT2D eigenvalue weighted by molar-refractivity contribution is 5.13. The molecule has 17 heavy (non-hydrogen) atoms. The van der Waals surface area contributed by atoms with Crippen molar-refractivity contribution in [3.63, 3.8) is 0 Å². The van der Waals surface area contributed by atoms with Gasteiger partial charge in [-0.2, -0.15) is 0 Å². The molecule has 3 atom stereocenters. The predicted molar refractivity (Wildman–Crippen MR) is 68.5 cm³/mol. The molecule has 2 N–H and O–H groups in total. The van der Waals surface area contributed by atoms with E-state index in [-0.39, 0.29) is 6.10 Å². The molecule has 2 rings (SSSR count). The number of rotatable bonds is 4. The van der Waals surface area contributed by atoms with Crippen molar-refractivity contribution < 1.29 is 4.74 Å². The summed E-state index contributed by atoms with van der Waals surface area (Å²) < 4.78 is 6.19. The largest absolute Gasteiger partial charge is 0.369 e. The summed E-state index contributed by atoms with van der Waals surface area (Å²) in [5, 5.41) is 0. The van der Waals surface area contributed by atoms with E-state index in [1.165, 1.54) is 25.7 Å². The van der Waals surface area contributed by atoms with Crippen molar-refractivity contribution in [1.82, 2.24) is 4.98 Å². The molecular weight excluding hydrogens is 212 g/mol. The molecule has 1 saturated carbocycles. The zero-order valence-corrected chi connectivity index (χ0v) is 10.5. The standard InChI is InChI=1S/C14H22N2O/c1-11-4-2-3-5-13(11)17-14(10-15)12-6-8-16-9-7-12/h6-9,11,13-14H,2-5,10,15H2,1H3. The molecule has 0 bridgehead atoms. The van der Waals surface area contributed by atoms with Crippen molar-refractivity contribution in [2.45, 2.75) is 44.8 Å². The fourth-order valence-corrected chi connectivity index (χ4v) is 2.54. The van der Waals surface area contributed by atoms with Gasteiger partial charge in [0.2, 0.25) is 0 Å². The smallest absolute Gasteiger partial charge is 0.0952 e. The molecule has 1 aliphatic carbocycles. The van der Waals surface area contributed by atoms with E-state index in [2.05, 4.69) is 11.9 Å². The van der Waals surface area contributed by atoms with Crippen molar-refractivity contribution in [2.24, 2.45) is 11.7 Å². The lowest BCUT2D eigenvalue weighted by Crippen LogP contribution is -2.30. The molecule has 0 aliphatic heterocycles. The number of hydrogen-bond acceptors (Lipinski definition) is 3. The first kappa shape index (κ1) is 12.5. The van der Waals surface area contributed by atoms with E-state index >= 15 is 0 Å².